The molecule has 1 aromatic heterocycles. The van der Waals surface area contributed by atoms with Crippen LogP contribution < -0.4 is 15.4 Å². The highest BCUT2D eigenvalue weighted by Crippen LogP contribution is 2.49. The molecule has 3 heterocycles. The Labute approximate surface area is 176 Å². The summed E-state index contributed by atoms with van der Waals surface area (Å²) in [6.07, 6.45) is 5.86. The monoisotopic (exact) mass is 470 g/mol. The van der Waals surface area contributed by atoms with Crippen molar-refractivity contribution in [1.29, 1.82) is 0 Å². The number of amides is 1. The first-order valence-electron chi connectivity index (χ1n) is 9.15. The number of carbonyl (C=O) groups is 1. The fourth-order valence-electron chi connectivity index (χ4n) is 4.61. The number of hydrogen-bond donors (Lipinski definition) is 4. The van der Waals surface area contributed by atoms with E-state index in [4.69, 9.17) is 0 Å². The average Bonchev–Trinajstić information content (AvgIpc) is 3.33. The van der Waals surface area contributed by atoms with Crippen molar-refractivity contribution in [3.63, 3.8) is 0 Å². The van der Waals surface area contributed by atoms with Gasteiger partial charge >= 0.3 is 0 Å². The largest absolute Gasteiger partial charge is 0.511 e. The van der Waals surface area contributed by atoms with E-state index < -0.39 is 26.0 Å². The zero-order valence-corrected chi connectivity index (χ0v) is 18.1. The summed E-state index contributed by atoms with van der Waals surface area (Å²) in [6.45, 7) is -0.204. The Morgan fingerprint density at radius 2 is 2.07 bits per heavy atom. The van der Waals surface area contributed by atoms with Gasteiger partial charge in [-0.05, 0) is 23.6 Å². The van der Waals surface area contributed by atoms with Crippen molar-refractivity contribution in [2.24, 2.45) is 22.2 Å². The van der Waals surface area contributed by atoms with Gasteiger partial charge in [-0.2, -0.15) is 8.42 Å². The number of carbonyl (C=O) groups excluding carboxylic acids is 1. The van der Waals surface area contributed by atoms with Gasteiger partial charge in [0.05, 0.1) is 6.26 Å². The maximum atomic E-state index is 12.9. The summed E-state index contributed by atoms with van der Waals surface area (Å²) in [5.41, 5.74) is 0.0796. The number of amidine groups is 1. The molecule has 2 bridgehead atoms. The van der Waals surface area contributed by atoms with E-state index in [9.17, 15) is 26.7 Å². The first kappa shape index (κ1) is 19.7. The summed E-state index contributed by atoms with van der Waals surface area (Å²) in [6, 6.07) is -0.206. The smallest absolute Gasteiger partial charge is 0.287 e. The lowest BCUT2D eigenvalue weighted by Crippen LogP contribution is -2.50. The van der Waals surface area contributed by atoms with Gasteiger partial charge in [0.2, 0.25) is 10.0 Å². The third-order valence-electron chi connectivity index (χ3n) is 5.84. The van der Waals surface area contributed by atoms with E-state index in [0.717, 1.165) is 24.0 Å². The quantitative estimate of drug-likeness (QED) is 0.466. The van der Waals surface area contributed by atoms with Gasteiger partial charge in [0.15, 0.2) is 5.84 Å². The van der Waals surface area contributed by atoms with Crippen molar-refractivity contribution < 1.29 is 26.7 Å². The van der Waals surface area contributed by atoms with Crippen LogP contribution in [0.2, 0.25) is 0 Å². The van der Waals surface area contributed by atoms with E-state index >= 15 is 0 Å². The number of hydrogen-bond acceptors (Lipinski definition) is 8. The molecule has 4 atom stereocenters. The SMILES string of the molecule is CS(=O)(=O)NCc1csc2c1S(=O)(=O)N=C(C1=C(O)C3C4C=CC(C4)C3NC1=O)N2. The third-order valence-corrected chi connectivity index (χ3v) is 8.98. The molecule has 13 heteroatoms. The molecule has 2 aliphatic heterocycles. The minimum atomic E-state index is -4.21. The van der Waals surface area contributed by atoms with Crippen molar-refractivity contribution in [2.45, 2.75) is 23.9 Å². The second-order valence-corrected chi connectivity index (χ2v) is 12.0. The van der Waals surface area contributed by atoms with Gasteiger partial charge in [-0.25, -0.2) is 13.1 Å². The van der Waals surface area contributed by atoms with Crippen LogP contribution >= 0.6 is 11.3 Å². The molecule has 2 aliphatic carbocycles. The van der Waals surface area contributed by atoms with Crippen molar-refractivity contribution in [3.05, 3.63) is 34.4 Å². The summed E-state index contributed by atoms with van der Waals surface area (Å²) in [7, 11) is -7.73. The van der Waals surface area contributed by atoms with Crippen molar-refractivity contribution >= 4 is 48.1 Å². The molecule has 4 unspecified atom stereocenters. The molecule has 5 rings (SSSR count). The summed E-state index contributed by atoms with van der Waals surface area (Å²) < 4.78 is 54.4. The molecule has 1 fully saturated rings. The molecule has 0 radical (unpaired) electrons. The minimum Gasteiger partial charge on any atom is -0.511 e. The van der Waals surface area contributed by atoms with E-state index in [-0.39, 0.29) is 63.0 Å². The number of thiophene rings is 1. The van der Waals surface area contributed by atoms with Crippen LogP contribution in [0, 0.1) is 17.8 Å². The molecule has 1 amide bonds. The number of fused-ring (bicyclic) bond motifs is 6. The van der Waals surface area contributed by atoms with Crippen LogP contribution in [0.15, 0.2) is 38.2 Å². The number of sulfonamides is 2. The van der Waals surface area contributed by atoms with E-state index in [1.807, 2.05) is 12.2 Å². The summed E-state index contributed by atoms with van der Waals surface area (Å²) in [5, 5.41) is 18.3. The third kappa shape index (κ3) is 2.99. The van der Waals surface area contributed by atoms with Crippen LogP contribution in [-0.2, 0) is 31.4 Å². The lowest BCUT2D eigenvalue weighted by molar-refractivity contribution is -0.119. The highest BCUT2D eigenvalue weighted by Gasteiger charge is 2.52. The first-order valence-corrected chi connectivity index (χ1v) is 13.4. The van der Waals surface area contributed by atoms with Crippen LogP contribution in [0.25, 0.3) is 0 Å². The van der Waals surface area contributed by atoms with Gasteiger partial charge in [0.25, 0.3) is 15.9 Å². The molecule has 0 aromatic carbocycles. The van der Waals surface area contributed by atoms with Gasteiger partial charge < -0.3 is 15.7 Å². The molecule has 1 aromatic rings. The van der Waals surface area contributed by atoms with E-state index in [0.29, 0.717) is 0 Å². The Kier molecular flexibility index (Phi) is 4.20. The molecule has 4 N–H and O–H groups in total. The second kappa shape index (κ2) is 6.39. The maximum Gasteiger partial charge on any atom is 0.287 e. The Morgan fingerprint density at radius 1 is 1.33 bits per heavy atom. The number of aliphatic hydroxyl groups excluding tert-OH is 1. The predicted octanol–water partition coefficient (Wildman–Crippen LogP) is 0.443. The fourth-order valence-corrected chi connectivity index (χ4v) is 7.64. The topological polar surface area (TPSA) is 154 Å². The number of anilines is 1. The van der Waals surface area contributed by atoms with Crippen LogP contribution in [0.5, 0.6) is 0 Å². The minimum absolute atomic E-state index is 0.0855. The molecule has 0 saturated heterocycles. The highest BCUT2D eigenvalue weighted by atomic mass is 32.2. The normalized spacial score (nSPS) is 31.1. The number of nitrogens with one attached hydrogen (secondary N) is 3. The lowest BCUT2D eigenvalue weighted by Gasteiger charge is -2.34. The lowest BCUT2D eigenvalue weighted by atomic mass is 9.82. The van der Waals surface area contributed by atoms with Gasteiger partial charge in [-0.3, -0.25) is 4.79 Å². The van der Waals surface area contributed by atoms with Crippen LogP contribution in [-0.4, -0.2) is 46.0 Å². The van der Waals surface area contributed by atoms with Crippen molar-refractivity contribution in [1.82, 2.24) is 10.0 Å². The fraction of sp³-hybridized carbons (Fsp3) is 0.412. The van der Waals surface area contributed by atoms with Crippen LogP contribution in [0.3, 0.4) is 0 Å². The average molecular weight is 471 g/mol. The van der Waals surface area contributed by atoms with E-state index in [2.05, 4.69) is 19.8 Å². The number of rotatable bonds is 4. The zero-order valence-electron chi connectivity index (χ0n) is 15.6. The molecule has 10 nitrogen and oxygen atoms in total. The Morgan fingerprint density at radius 3 is 2.80 bits per heavy atom. The summed E-state index contributed by atoms with van der Waals surface area (Å²) in [5.74, 6) is -1.02. The number of nitrogens with zero attached hydrogens (tertiary/aromatic N) is 1. The van der Waals surface area contributed by atoms with Gasteiger partial charge in [-0.1, -0.05) is 12.2 Å². The molecular weight excluding hydrogens is 452 g/mol. The Balaban J connectivity index is 1.53. The first-order chi connectivity index (χ1) is 14.0. The second-order valence-electron chi connectivity index (χ2n) is 7.79. The van der Waals surface area contributed by atoms with Gasteiger partial charge in [-0.15, -0.1) is 15.7 Å². The van der Waals surface area contributed by atoms with Crippen LogP contribution in [0.4, 0.5) is 5.00 Å². The summed E-state index contributed by atoms with van der Waals surface area (Å²) >= 11 is 1.05. The van der Waals surface area contributed by atoms with Crippen molar-refractivity contribution in [2.75, 3.05) is 11.6 Å². The van der Waals surface area contributed by atoms with Gasteiger partial charge in [0.1, 0.15) is 21.2 Å². The highest BCUT2D eigenvalue weighted by molar-refractivity contribution is 7.91. The van der Waals surface area contributed by atoms with E-state index in [1.165, 1.54) is 5.38 Å². The molecule has 30 heavy (non-hydrogen) atoms. The molecular formula is C17H18N4O6S3. The molecule has 1 saturated carbocycles. The Bertz CT molecular complexity index is 1270. The standard InChI is InChI=1S/C17H18N4O6S3/c1-29(24,25)18-5-9-6-28-17-14(9)30(26,27)21-15(20-17)11-13(22)10-7-2-3-8(4-7)12(10)19-16(11)23/h2-3,6-8,10,12,18,22H,4-5H2,1H3,(H,19,23)(H,20,21). The molecule has 0 spiro atoms. The number of allylic oxidation sites excluding steroid dienone is 1. The maximum absolute atomic E-state index is 12.9. The summed E-state index contributed by atoms with van der Waals surface area (Å²) in [4.78, 5) is 12.6. The van der Waals surface area contributed by atoms with Crippen molar-refractivity contribution in [3.8, 4) is 0 Å². The Hall–Kier alpha value is -2.22. The zero-order chi connectivity index (χ0) is 21.4. The number of aliphatic hydroxyl groups is 1. The molecule has 160 valence electrons. The van der Waals surface area contributed by atoms with E-state index in [1.54, 1.807) is 0 Å². The predicted molar refractivity (Wildman–Crippen MR) is 110 cm³/mol. The van der Waals surface area contributed by atoms with Gasteiger partial charge in [0, 0.05) is 24.1 Å². The molecule has 4 aliphatic rings. The van der Waals surface area contributed by atoms with Crippen LogP contribution in [0.1, 0.15) is 12.0 Å².